The lowest BCUT2D eigenvalue weighted by Crippen LogP contribution is -2.22. The second-order valence-electron chi connectivity index (χ2n) is 7.26. The van der Waals surface area contributed by atoms with E-state index in [1.807, 2.05) is 12.1 Å². The average Bonchev–Trinajstić information content (AvgIpc) is 3.46. The molecule has 3 heterocycles. The molecule has 0 aliphatic rings. The van der Waals surface area contributed by atoms with Crippen LogP contribution in [0.15, 0.2) is 70.2 Å². The first-order chi connectivity index (χ1) is 16.1. The third-order valence-corrected chi connectivity index (χ3v) is 5.26. The number of aromatic nitrogens is 5. The van der Waals surface area contributed by atoms with Crippen LogP contribution in [0.4, 0.5) is 4.39 Å². The molecule has 0 unspecified atom stereocenters. The Morgan fingerprint density at radius 3 is 2.48 bits per heavy atom. The number of aliphatic hydroxyl groups excluding tert-OH is 1. The van der Waals surface area contributed by atoms with Gasteiger partial charge in [-0.25, -0.2) is 8.91 Å². The Morgan fingerprint density at radius 2 is 1.79 bits per heavy atom. The zero-order valence-electron chi connectivity index (χ0n) is 17.5. The molecule has 0 bridgehead atoms. The molecule has 0 saturated carbocycles. The van der Waals surface area contributed by atoms with E-state index in [-0.39, 0.29) is 29.3 Å². The Labute approximate surface area is 186 Å². The van der Waals surface area contributed by atoms with Gasteiger partial charge < -0.3 is 18.9 Å². The molecular formula is C23H18FN5O4. The van der Waals surface area contributed by atoms with Gasteiger partial charge >= 0.3 is 0 Å². The zero-order valence-corrected chi connectivity index (χ0v) is 17.5. The first-order valence-corrected chi connectivity index (χ1v) is 10.0. The summed E-state index contributed by atoms with van der Waals surface area (Å²) in [5.74, 6) is 0.962. The molecule has 0 aliphatic carbocycles. The van der Waals surface area contributed by atoms with Gasteiger partial charge in [-0.3, -0.25) is 4.79 Å². The second kappa shape index (κ2) is 8.32. The van der Waals surface area contributed by atoms with Gasteiger partial charge in [-0.1, -0.05) is 5.16 Å². The Morgan fingerprint density at radius 1 is 1.06 bits per heavy atom. The van der Waals surface area contributed by atoms with Crippen molar-refractivity contribution in [3.8, 4) is 28.4 Å². The largest absolute Gasteiger partial charge is 0.497 e. The molecule has 0 radical (unpaired) electrons. The lowest BCUT2D eigenvalue weighted by molar-refractivity contribution is 0.283. The van der Waals surface area contributed by atoms with Gasteiger partial charge in [0, 0.05) is 29.1 Å². The summed E-state index contributed by atoms with van der Waals surface area (Å²) in [6.45, 7) is -0.363. The third-order valence-electron chi connectivity index (χ3n) is 5.26. The van der Waals surface area contributed by atoms with Gasteiger partial charge in [0.05, 0.1) is 19.4 Å². The van der Waals surface area contributed by atoms with Gasteiger partial charge in [0.2, 0.25) is 11.7 Å². The smallest absolute Gasteiger partial charge is 0.277 e. The predicted molar refractivity (Wildman–Crippen MR) is 116 cm³/mol. The molecule has 0 spiro atoms. The molecule has 5 aromatic rings. The van der Waals surface area contributed by atoms with E-state index in [9.17, 15) is 14.3 Å². The maximum atomic E-state index is 13.3. The molecule has 0 amide bonds. The number of nitrogens with zero attached hydrogens (tertiary/aromatic N) is 5. The SMILES string of the molecule is COc1ccc(-c2noc(Cn3ccn4nc(-c5ccc(F)cc5)c(CO)c4c3=O)n2)cc1. The number of fused-ring (bicyclic) bond motifs is 1. The zero-order chi connectivity index (χ0) is 22.9. The molecule has 5 rings (SSSR count). The number of ether oxygens (including phenoxy) is 1. The minimum Gasteiger partial charge on any atom is -0.497 e. The lowest BCUT2D eigenvalue weighted by atomic mass is 10.1. The first kappa shape index (κ1) is 20.6. The van der Waals surface area contributed by atoms with Gasteiger partial charge in [-0.15, -0.1) is 0 Å². The van der Waals surface area contributed by atoms with Gasteiger partial charge in [-0.05, 0) is 48.5 Å². The molecule has 1 N–H and O–H groups in total. The van der Waals surface area contributed by atoms with Gasteiger partial charge in [0.1, 0.15) is 23.6 Å². The fourth-order valence-electron chi connectivity index (χ4n) is 3.59. The number of benzene rings is 2. The van der Waals surface area contributed by atoms with Crippen LogP contribution < -0.4 is 10.3 Å². The Kier molecular flexibility index (Phi) is 5.19. The summed E-state index contributed by atoms with van der Waals surface area (Å²) in [6, 6.07) is 12.9. The molecule has 2 aromatic carbocycles. The van der Waals surface area contributed by atoms with Crippen molar-refractivity contribution in [3.05, 3.63) is 88.5 Å². The van der Waals surface area contributed by atoms with Crippen molar-refractivity contribution in [1.82, 2.24) is 24.3 Å². The summed E-state index contributed by atoms with van der Waals surface area (Å²) >= 11 is 0. The van der Waals surface area contributed by atoms with Crippen LogP contribution in [0.1, 0.15) is 11.5 Å². The number of hydrogen-bond donors (Lipinski definition) is 1. The summed E-state index contributed by atoms with van der Waals surface area (Å²) < 4.78 is 26.6. The van der Waals surface area contributed by atoms with E-state index in [4.69, 9.17) is 9.26 Å². The molecule has 0 fully saturated rings. The number of halogens is 1. The van der Waals surface area contributed by atoms with Crippen LogP contribution in [0.5, 0.6) is 5.75 Å². The van der Waals surface area contributed by atoms with Crippen LogP contribution in [0.25, 0.3) is 28.2 Å². The van der Waals surface area contributed by atoms with Crippen LogP contribution in [-0.4, -0.2) is 36.5 Å². The third kappa shape index (κ3) is 3.76. The van der Waals surface area contributed by atoms with Crippen LogP contribution in [0.2, 0.25) is 0 Å². The van der Waals surface area contributed by atoms with Crippen molar-refractivity contribution in [2.45, 2.75) is 13.2 Å². The van der Waals surface area contributed by atoms with E-state index in [0.717, 1.165) is 5.56 Å². The van der Waals surface area contributed by atoms with E-state index in [2.05, 4.69) is 15.2 Å². The first-order valence-electron chi connectivity index (χ1n) is 10.0. The van der Waals surface area contributed by atoms with Crippen molar-refractivity contribution < 1.29 is 18.8 Å². The lowest BCUT2D eigenvalue weighted by Gasteiger charge is -2.03. The van der Waals surface area contributed by atoms with Gasteiger partial charge in [-0.2, -0.15) is 10.1 Å². The minimum atomic E-state index is -0.405. The Hall–Kier alpha value is -4.31. The number of aliphatic hydroxyl groups is 1. The van der Waals surface area contributed by atoms with E-state index >= 15 is 0 Å². The van der Waals surface area contributed by atoms with Crippen molar-refractivity contribution in [2.24, 2.45) is 0 Å². The van der Waals surface area contributed by atoms with Crippen LogP contribution >= 0.6 is 0 Å². The average molecular weight is 447 g/mol. The van der Waals surface area contributed by atoms with Crippen molar-refractivity contribution in [1.29, 1.82) is 0 Å². The fraction of sp³-hybridized carbons (Fsp3) is 0.130. The minimum absolute atomic E-state index is 0.0421. The van der Waals surface area contributed by atoms with Gasteiger partial charge in [0.15, 0.2) is 0 Å². The van der Waals surface area contributed by atoms with Crippen molar-refractivity contribution >= 4 is 5.52 Å². The second-order valence-corrected chi connectivity index (χ2v) is 7.26. The molecule has 10 heteroatoms. The summed E-state index contributed by atoms with van der Waals surface area (Å²) in [5.41, 5.74) is 1.94. The molecule has 0 aliphatic heterocycles. The van der Waals surface area contributed by atoms with E-state index in [1.54, 1.807) is 43.8 Å². The highest BCUT2D eigenvalue weighted by Crippen LogP contribution is 2.25. The van der Waals surface area contributed by atoms with Crippen molar-refractivity contribution in [2.75, 3.05) is 7.11 Å². The van der Waals surface area contributed by atoms with Gasteiger partial charge in [0.25, 0.3) is 5.56 Å². The standard InChI is InChI=1S/C23H18FN5O4/c1-32-17-8-4-15(5-9-17)22-25-19(33-27-22)12-28-10-11-29-21(23(28)31)18(13-30)20(26-29)14-2-6-16(24)7-3-14/h2-11,30H,12-13H2,1H3. The highest BCUT2D eigenvalue weighted by Gasteiger charge is 2.19. The van der Waals surface area contributed by atoms with E-state index < -0.39 is 6.61 Å². The normalized spacial score (nSPS) is 11.2. The quantitative estimate of drug-likeness (QED) is 0.426. The maximum Gasteiger partial charge on any atom is 0.277 e. The highest BCUT2D eigenvalue weighted by atomic mass is 19.1. The molecular weight excluding hydrogens is 429 g/mol. The predicted octanol–water partition coefficient (Wildman–Crippen LogP) is 2.90. The Bertz CT molecular complexity index is 1490. The molecule has 0 saturated heterocycles. The highest BCUT2D eigenvalue weighted by molar-refractivity contribution is 5.72. The molecule has 9 nitrogen and oxygen atoms in total. The van der Waals surface area contributed by atoms with E-state index in [1.165, 1.54) is 21.2 Å². The van der Waals surface area contributed by atoms with Crippen LogP contribution in [0, 0.1) is 5.82 Å². The summed E-state index contributed by atoms with van der Waals surface area (Å²) in [5, 5.41) is 18.4. The summed E-state index contributed by atoms with van der Waals surface area (Å²) in [7, 11) is 1.58. The monoisotopic (exact) mass is 447 g/mol. The number of rotatable bonds is 6. The molecule has 33 heavy (non-hydrogen) atoms. The fourth-order valence-corrected chi connectivity index (χ4v) is 3.59. The van der Waals surface area contributed by atoms with Crippen molar-refractivity contribution in [3.63, 3.8) is 0 Å². The molecule has 166 valence electrons. The summed E-state index contributed by atoms with van der Waals surface area (Å²) in [6.07, 6.45) is 3.15. The van der Waals surface area contributed by atoms with Crippen LogP contribution in [0.3, 0.4) is 0 Å². The number of hydrogen-bond acceptors (Lipinski definition) is 7. The molecule has 0 atom stereocenters. The topological polar surface area (TPSA) is 108 Å². The summed E-state index contributed by atoms with van der Waals surface area (Å²) in [4.78, 5) is 17.6. The van der Waals surface area contributed by atoms with E-state index in [0.29, 0.717) is 28.4 Å². The number of methoxy groups -OCH3 is 1. The molecule has 3 aromatic heterocycles. The van der Waals surface area contributed by atoms with Crippen LogP contribution in [-0.2, 0) is 13.2 Å². The Balaban J connectivity index is 1.49. The maximum absolute atomic E-state index is 13.3.